The molecule has 1 saturated heterocycles. The van der Waals surface area contributed by atoms with Gasteiger partial charge in [-0.25, -0.2) is 8.42 Å². The summed E-state index contributed by atoms with van der Waals surface area (Å²) in [6, 6.07) is 5.80. The molecule has 1 aromatic rings. The molecule has 1 aromatic carbocycles. The number of nitrogens with two attached hydrogens (primary N) is 1. The number of amidine groups is 1. The monoisotopic (exact) mass is 313 g/mol. The first-order chi connectivity index (χ1) is 9.44. The predicted molar refractivity (Wildman–Crippen MR) is 84.7 cm³/mol. The molecule has 1 aliphatic heterocycles. The van der Waals surface area contributed by atoms with Crippen molar-refractivity contribution in [3.63, 3.8) is 0 Å². The summed E-state index contributed by atoms with van der Waals surface area (Å²) in [5.41, 5.74) is 7.32. The summed E-state index contributed by atoms with van der Waals surface area (Å²) in [6.07, 6.45) is 0. The molecule has 0 amide bonds. The Labute approximate surface area is 124 Å². The number of nitrogens with zero attached hydrogens (tertiary/aromatic N) is 1. The van der Waals surface area contributed by atoms with Crippen LogP contribution < -0.4 is 10.6 Å². The van der Waals surface area contributed by atoms with E-state index in [0.29, 0.717) is 13.1 Å². The van der Waals surface area contributed by atoms with Gasteiger partial charge in [0.1, 0.15) is 5.84 Å². The molecule has 1 aliphatic rings. The van der Waals surface area contributed by atoms with E-state index < -0.39 is 9.84 Å². The lowest BCUT2D eigenvalue weighted by molar-refractivity contribution is 0.586. The van der Waals surface area contributed by atoms with Crippen LogP contribution in [0.3, 0.4) is 0 Å². The van der Waals surface area contributed by atoms with Crippen LogP contribution in [0.4, 0.5) is 5.69 Å². The third-order valence-corrected chi connectivity index (χ3v) is 5.81. The van der Waals surface area contributed by atoms with Gasteiger partial charge in [0.15, 0.2) is 9.84 Å². The summed E-state index contributed by atoms with van der Waals surface area (Å²) in [7, 11) is -2.91. The summed E-state index contributed by atoms with van der Waals surface area (Å²) >= 11 is 1.64. The van der Waals surface area contributed by atoms with Crippen LogP contribution in [0.25, 0.3) is 0 Å². The van der Waals surface area contributed by atoms with Crippen LogP contribution in [-0.4, -0.2) is 44.6 Å². The summed E-state index contributed by atoms with van der Waals surface area (Å²) in [5.74, 6) is 1.26. The molecule has 0 radical (unpaired) electrons. The summed E-state index contributed by atoms with van der Waals surface area (Å²) in [5, 5.41) is 7.81. The second-order valence-electron chi connectivity index (χ2n) is 4.64. The van der Waals surface area contributed by atoms with Crippen molar-refractivity contribution in [2.24, 2.45) is 5.73 Å². The number of rotatable bonds is 4. The Morgan fingerprint density at radius 2 is 2.05 bits per heavy atom. The maximum Gasteiger partial charge on any atom is 0.153 e. The zero-order valence-electron chi connectivity index (χ0n) is 11.4. The second-order valence-corrected chi connectivity index (χ2v) is 8.25. The molecule has 2 rings (SSSR count). The maximum atomic E-state index is 11.5. The van der Waals surface area contributed by atoms with Gasteiger partial charge in [-0.2, -0.15) is 0 Å². The van der Waals surface area contributed by atoms with E-state index in [-0.39, 0.29) is 17.3 Å². The van der Waals surface area contributed by atoms with E-state index in [1.54, 1.807) is 11.8 Å². The van der Waals surface area contributed by atoms with E-state index in [9.17, 15) is 8.42 Å². The second kappa shape index (κ2) is 6.05. The van der Waals surface area contributed by atoms with Crippen molar-refractivity contribution in [1.29, 1.82) is 5.41 Å². The average Bonchev–Trinajstić information content (AvgIpc) is 2.38. The van der Waals surface area contributed by atoms with E-state index in [1.165, 1.54) is 0 Å². The molecule has 0 unspecified atom stereocenters. The van der Waals surface area contributed by atoms with Crippen LogP contribution in [0.1, 0.15) is 12.5 Å². The van der Waals surface area contributed by atoms with Crippen molar-refractivity contribution in [2.45, 2.75) is 11.8 Å². The summed E-state index contributed by atoms with van der Waals surface area (Å²) in [4.78, 5) is 2.99. The minimum absolute atomic E-state index is 0.0324. The van der Waals surface area contributed by atoms with Gasteiger partial charge >= 0.3 is 0 Å². The molecule has 1 heterocycles. The summed E-state index contributed by atoms with van der Waals surface area (Å²) < 4.78 is 23.0. The lowest BCUT2D eigenvalue weighted by atomic mass is 10.1. The normalized spacial score (nSPS) is 17.9. The topological polar surface area (TPSA) is 87.2 Å². The number of nitrogen functional groups attached to an aromatic ring is 1. The van der Waals surface area contributed by atoms with Gasteiger partial charge in [-0.05, 0) is 17.9 Å². The van der Waals surface area contributed by atoms with Crippen molar-refractivity contribution in [3.05, 3.63) is 23.8 Å². The molecule has 5 nitrogen and oxygen atoms in total. The van der Waals surface area contributed by atoms with Crippen LogP contribution in [-0.2, 0) is 9.84 Å². The van der Waals surface area contributed by atoms with E-state index in [0.717, 1.165) is 21.9 Å². The zero-order valence-corrected chi connectivity index (χ0v) is 13.1. The molecule has 0 aliphatic carbocycles. The number of hydrogen-bond donors (Lipinski definition) is 2. The highest BCUT2D eigenvalue weighted by atomic mass is 32.2. The minimum Gasteiger partial charge on any atom is -0.384 e. The standard InChI is InChI=1S/C13H19N3O2S2/c1-2-19-11-5-3-4-10(12(11)13(14)15)16-6-8-20(17,18)9-7-16/h3-5H,2,6-9H2,1H3,(H3,14,15). The fourth-order valence-electron chi connectivity index (χ4n) is 2.28. The number of anilines is 1. The highest BCUT2D eigenvalue weighted by molar-refractivity contribution is 7.99. The highest BCUT2D eigenvalue weighted by Crippen LogP contribution is 2.31. The van der Waals surface area contributed by atoms with Crippen LogP contribution in [0, 0.1) is 5.41 Å². The smallest absolute Gasteiger partial charge is 0.153 e. The van der Waals surface area contributed by atoms with Gasteiger partial charge in [0.2, 0.25) is 0 Å². The molecule has 0 aromatic heterocycles. The van der Waals surface area contributed by atoms with Gasteiger partial charge in [0.25, 0.3) is 0 Å². The Hall–Kier alpha value is -1.21. The SMILES string of the molecule is CCSc1cccc(N2CCS(=O)(=O)CC2)c1C(=N)N. The van der Waals surface area contributed by atoms with Gasteiger partial charge in [0.05, 0.1) is 17.1 Å². The van der Waals surface area contributed by atoms with Crippen LogP contribution in [0.15, 0.2) is 23.1 Å². The largest absolute Gasteiger partial charge is 0.384 e. The average molecular weight is 313 g/mol. The molecule has 0 spiro atoms. The Morgan fingerprint density at radius 1 is 1.40 bits per heavy atom. The van der Waals surface area contributed by atoms with Crippen LogP contribution >= 0.6 is 11.8 Å². The number of benzene rings is 1. The zero-order chi connectivity index (χ0) is 14.8. The van der Waals surface area contributed by atoms with Crippen molar-refractivity contribution in [2.75, 3.05) is 35.2 Å². The molecule has 3 N–H and O–H groups in total. The van der Waals surface area contributed by atoms with E-state index in [1.807, 2.05) is 23.1 Å². The quantitative estimate of drug-likeness (QED) is 0.497. The predicted octanol–water partition coefficient (Wildman–Crippen LogP) is 1.32. The van der Waals surface area contributed by atoms with Gasteiger partial charge in [-0.3, -0.25) is 5.41 Å². The lowest BCUT2D eigenvalue weighted by Crippen LogP contribution is -2.41. The van der Waals surface area contributed by atoms with Gasteiger partial charge in [0, 0.05) is 23.7 Å². The lowest BCUT2D eigenvalue weighted by Gasteiger charge is -2.31. The first kappa shape index (κ1) is 15.2. The van der Waals surface area contributed by atoms with Gasteiger partial charge in [-0.15, -0.1) is 11.8 Å². The molecule has 0 atom stereocenters. The molecule has 1 fully saturated rings. The number of nitrogens with one attached hydrogen (secondary N) is 1. The van der Waals surface area contributed by atoms with E-state index >= 15 is 0 Å². The molecular formula is C13H19N3O2S2. The Morgan fingerprint density at radius 3 is 2.60 bits per heavy atom. The maximum absolute atomic E-state index is 11.5. The molecular weight excluding hydrogens is 294 g/mol. The van der Waals surface area contributed by atoms with Crippen molar-refractivity contribution < 1.29 is 8.42 Å². The molecule has 110 valence electrons. The Bertz CT molecular complexity index is 600. The highest BCUT2D eigenvalue weighted by Gasteiger charge is 2.24. The fraction of sp³-hybridized carbons (Fsp3) is 0.462. The number of thioether (sulfide) groups is 1. The Balaban J connectivity index is 2.36. The molecule has 7 heteroatoms. The number of hydrogen-bond acceptors (Lipinski definition) is 5. The molecule has 20 heavy (non-hydrogen) atoms. The first-order valence-electron chi connectivity index (χ1n) is 6.50. The van der Waals surface area contributed by atoms with Crippen LogP contribution in [0.5, 0.6) is 0 Å². The van der Waals surface area contributed by atoms with E-state index in [2.05, 4.69) is 6.92 Å². The minimum atomic E-state index is -2.91. The van der Waals surface area contributed by atoms with Crippen molar-refractivity contribution in [3.8, 4) is 0 Å². The van der Waals surface area contributed by atoms with Crippen molar-refractivity contribution >= 4 is 33.1 Å². The van der Waals surface area contributed by atoms with Crippen LogP contribution in [0.2, 0.25) is 0 Å². The molecule has 0 saturated carbocycles. The van der Waals surface area contributed by atoms with E-state index in [4.69, 9.17) is 11.1 Å². The third kappa shape index (κ3) is 3.27. The molecule has 0 bridgehead atoms. The third-order valence-electron chi connectivity index (χ3n) is 3.26. The van der Waals surface area contributed by atoms with Crippen molar-refractivity contribution in [1.82, 2.24) is 0 Å². The fourth-order valence-corrected chi connectivity index (χ4v) is 4.33. The number of sulfone groups is 1. The van der Waals surface area contributed by atoms with Gasteiger partial charge in [-0.1, -0.05) is 13.0 Å². The first-order valence-corrected chi connectivity index (χ1v) is 9.31. The van der Waals surface area contributed by atoms with Gasteiger partial charge < -0.3 is 10.6 Å². The Kier molecular flexibility index (Phi) is 4.59. The summed E-state index contributed by atoms with van der Waals surface area (Å²) in [6.45, 7) is 2.97.